The summed E-state index contributed by atoms with van der Waals surface area (Å²) in [6.07, 6.45) is 3.00. The summed E-state index contributed by atoms with van der Waals surface area (Å²) in [4.78, 5) is 20.8. The lowest BCUT2D eigenvalue weighted by molar-refractivity contribution is 0.196. The second kappa shape index (κ2) is 9.43. The van der Waals surface area contributed by atoms with Crippen molar-refractivity contribution in [3.63, 3.8) is 0 Å². The van der Waals surface area contributed by atoms with Gasteiger partial charge in [-0.25, -0.2) is 9.78 Å². The number of nitrogens with zero attached hydrogens (tertiary/aromatic N) is 6. The molecular weight excluding hydrogens is 420 g/mol. The number of tetrazole rings is 1. The average molecular weight is 444 g/mol. The zero-order chi connectivity index (χ0) is 23.4. The van der Waals surface area contributed by atoms with Gasteiger partial charge in [0.25, 0.3) is 0 Å². The Hall–Kier alpha value is -4.34. The van der Waals surface area contributed by atoms with Crippen LogP contribution in [-0.4, -0.2) is 36.3 Å². The van der Waals surface area contributed by atoms with E-state index >= 15 is 0 Å². The highest BCUT2D eigenvalue weighted by Crippen LogP contribution is 2.29. The van der Waals surface area contributed by atoms with Gasteiger partial charge in [0, 0.05) is 12.5 Å². The number of benzene rings is 2. The van der Waals surface area contributed by atoms with Crippen LogP contribution in [0.1, 0.15) is 37.0 Å². The van der Waals surface area contributed by atoms with Gasteiger partial charge in [0.1, 0.15) is 11.6 Å². The molecule has 4 aromatic rings. The van der Waals surface area contributed by atoms with Crippen LogP contribution in [0, 0.1) is 6.92 Å². The molecule has 2 aromatic heterocycles. The molecule has 0 fully saturated rings. The number of nitrogen functional groups attached to an aromatic ring is 1. The second-order valence-electron chi connectivity index (χ2n) is 7.57. The van der Waals surface area contributed by atoms with Crippen molar-refractivity contribution in [1.82, 2.24) is 35.5 Å². The van der Waals surface area contributed by atoms with Gasteiger partial charge >= 0.3 is 6.09 Å². The van der Waals surface area contributed by atoms with E-state index in [0.29, 0.717) is 29.4 Å². The summed E-state index contributed by atoms with van der Waals surface area (Å²) in [5.74, 6) is 1.32. The molecule has 0 aliphatic carbocycles. The number of carbonyl (C=O) groups is 1. The van der Waals surface area contributed by atoms with Crippen LogP contribution in [0.25, 0.3) is 16.8 Å². The summed E-state index contributed by atoms with van der Waals surface area (Å²) in [5.41, 5.74) is 9.89. The van der Waals surface area contributed by atoms with Gasteiger partial charge in [-0.15, -0.1) is 5.10 Å². The monoisotopic (exact) mass is 444 g/mol. The van der Waals surface area contributed by atoms with E-state index in [2.05, 4.69) is 30.8 Å². The molecular formula is C23H24N8O2. The Bertz CT molecular complexity index is 1270. The zero-order valence-corrected chi connectivity index (χ0v) is 18.6. The standard InChI is InChI=1S/C23H24N8O2/c1-4-22-28-29-30-31(22)18-9-17(16-7-5-14(2)6-8-16)10-19(11-18)33-23(32)26-15(3)20-12-25-13-21(24)27-20/h5-13,15H,4H2,1-3H3,(H2,24,27)(H,26,32). The number of carbonyl (C=O) groups excluding carboxylic acids is 1. The third kappa shape index (κ3) is 5.12. The molecule has 0 saturated heterocycles. The Morgan fingerprint density at radius 2 is 1.94 bits per heavy atom. The van der Waals surface area contributed by atoms with Crippen molar-refractivity contribution in [3.8, 4) is 22.6 Å². The molecule has 2 heterocycles. The van der Waals surface area contributed by atoms with Crippen molar-refractivity contribution >= 4 is 11.9 Å². The number of ether oxygens (including phenoxy) is 1. The molecule has 0 aliphatic heterocycles. The van der Waals surface area contributed by atoms with E-state index in [9.17, 15) is 4.79 Å². The maximum absolute atomic E-state index is 12.6. The number of aromatic nitrogens is 6. The normalized spacial score (nSPS) is 11.7. The van der Waals surface area contributed by atoms with E-state index in [1.165, 1.54) is 6.20 Å². The first-order valence-corrected chi connectivity index (χ1v) is 10.5. The van der Waals surface area contributed by atoms with Gasteiger partial charge in [0.2, 0.25) is 0 Å². The topological polar surface area (TPSA) is 134 Å². The quantitative estimate of drug-likeness (QED) is 0.462. The van der Waals surface area contributed by atoms with Crippen LogP contribution in [0.15, 0.2) is 54.9 Å². The van der Waals surface area contributed by atoms with Crippen molar-refractivity contribution < 1.29 is 9.53 Å². The molecule has 10 nitrogen and oxygen atoms in total. The minimum atomic E-state index is -0.633. The lowest BCUT2D eigenvalue weighted by atomic mass is 10.0. The highest BCUT2D eigenvalue weighted by Gasteiger charge is 2.16. The van der Waals surface area contributed by atoms with E-state index in [4.69, 9.17) is 10.5 Å². The molecule has 168 valence electrons. The summed E-state index contributed by atoms with van der Waals surface area (Å²) in [6.45, 7) is 5.77. The van der Waals surface area contributed by atoms with Crippen LogP contribution in [0.3, 0.4) is 0 Å². The minimum Gasteiger partial charge on any atom is -0.410 e. The third-order valence-corrected chi connectivity index (χ3v) is 5.03. The van der Waals surface area contributed by atoms with Gasteiger partial charge in [0.15, 0.2) is 5.82 Å². The lowest BCUT2D eigenvalue weighted by Crippen LogP contribution is -2.30. The molecule has 1 atom stereocenters. The fourth-order valence-electron chi connectivity index (χ4n) is 3.30. The van der Waals surface area contributed by atoms with Crippen LogP contribution in [0.4, 0.5) is 10.6 Å². The molecule has 33 heavy (non-hydrogen) atoms. The Labute approximate surface area is 190 Å². The molecule has 1 unspecified atom stereocenters. The molecule has 1 amide bonds. The molecule has 3 N–H and O–H groups in total. The summed E-state index contributed by atoms with van der Waals surface area (Å²) < 4.78 is 7.26. The van der Waals surface area contributed by atoms with Crippen molar-refractivity contribution in [2.75, 3.05) is 5.73 Å². The summed E-state index contributed by atoms with van der Waals surface area (Å²) >= 11 is 0. The van der Waals surface area contributed by atoms with E-state index in [-0.39, 0.29) is 5.82 Å². The number of hydrogen-bond acceptors (Lipinski definition) is 8. The molecule has 0 aliphatic rings. The number of nitrogens with two attached hydrogens (primary N) is 1. The number of nitrogens with one attached hydrogen (secondary N) is 1. The van der Waals surface area contributed by atoms with Gasteiger partial charge in [-0.3, -0.25) is 4.98 Å². The average Bonchev–Trinajstić information content (AvgIpc) is 3.28. The van der Waals surface area contributed by atoms with Gasteiger partial charge in [-0.2, -0.15) is 4.68 Å². The van der Waals surface area contributed by atoms with E-state index < -0.39 is 12.1 Å². The SMILES string of the molecule is CCc1nnnn1-c1cc(OC(=O)NC(C)c2cncc(N)n2)cc(-c2ccc(C)cc2)c1. The number of anilines is 1. The number of aryl methyl sites for hydroxylation is 2. The molecule has 10 heteroatoms. The highest BCUT2D eigenvalue weighted by molar-refractivity contribution is 5.74. The van der Waals surface area contributed by atoms with Crippen LogP contribution in [0.5, 0.6) is 5.75 Å². The third-order valence-electron chi connectivity index (χ3n) is 5.03. The maximum atomic E-state index is 12.6. The maximum Gasteiger partial charge on any atom is 0.413 e. The number of amides is 1. The van der Waals surface area contributed by atoms with E-state index in [0.717, 1.165) is 16.7 Å². The number of hydrogen-bond donors (Lipinski definition) is 2. The van der Waals surface area contributed by atoms with Crippen molar-refractivity contribution in [2.45, 2.75) is 33.2 Å². The van der Waals surface area contributed by atoms with Gasteiger partial charge in [0.05, 0.1) is 29.8 Å². The molecule has 0 spiro atoms. The fourth-order valence-corrected chi connectivity index (χ4v) is 3.30. The summed E-state index contributed by atoms with van der Waals surface area (Å²) in [6, 6.07) is 13.1. The first-order chi connectivity index (χ1) is 15.9. The summed E-state index contributed by atoms with van der Waals surface area (Å²) in [5, 5.41) is 14.7. The Balaban J connectivity index is 1.63. The molecule has 2 aromatic carbocycles. The first-order valence-electron chi connectivity index (χ1n) is 10.5. The van der Waals surface area contributed by atoms with Gasteiger partial charge in [-0.05, 0) is 47.5 Å². The van der Waals surface area contributed by atoms with Gasteiger partial charge in [-0.1, -0.05) is 36.8 Å². The smallest absolute Gasteiger partial charge is 0.410 e. The van der Waals surface area contributed by atoms with Crippen LogP contribution in [-0.2, 0) is 6.42 Å². The minimum absolute atomic E-state index is 0.276. The Morgan fingerprint density at radius 1 is 1.15 bits per heavy atom. The Morgan fingerprint density at radius 3 is 2.67 bits per heavy atom. The van der Waals surface area contributed by atoms with Crippen molar-refractivity contribution in [3.05, 3.63) is 71.9 Å². The summed E-state index contributed by atoms with van der Waals surface area (Å²) in [7, 11) is 0. The molecule has 0 radical (unpaired) electrons. The van der Waals surface area contributed by atoms with Crippen molar-refractivity contribution in [1.29, 1.82) is 0 Å². The molecule has 0 bridgehead atoms. The predicted molar refractivity (Wildman–Crippen MR) is 123 cm³/mol. The lowest BCUT2D eigenvalue weighted by Gasteiger charge is -2.15. The van der Waals surface area contributed by atoms with Crippen LogP contribution in [0.2, 0.25) is 0 Å². The predicted octanol–water partition coefficient (Wildman–Crippen LogP) is 3.42. The first kappa shape index (κ1) is 21.9. The highest BCUT2D eigenvalue weighted by atomic mass is 16.6. The van der Waals surface area contributed by atoms with Crippen molar-refractivity contribution in [2.24, 2.45) is 0 Å². The largest absolute Gasteiger partial charge is 0.413 e. The van der Waals surface area contributed by atoms with Gasteiger partial charge < -0.3 is 15.8 Å². The molecule has 0 saturated carbocycles. The van der Waals surface area contributed by atoms with Crippen LogP contribution < -0.4 is 15.8 Å². The molecule has 4 rings (SSSR count). The fraction of sp³-hybridized carbons (Fsp3) is 0.217. The zero-order valence-electron chi connectivity index (χ0n) is 18.6. The van der Waals surface area contributed by atoms with Crippen LogP contribution >= 0.6 is 0 Å². The van der Waals surface area contributed by atoms with E-state index in [1.54, 1.807) is 29.9 Å². The second-order valence-corrected chi connectivity index (χ2v) is 7.57. The Kier molecular flexibility index (Phi) is 6.25. The number of rotatable bonds is 6. The van der Waals surface area contributed by atoms with E-state index in [1.807, 2.05) is 44.2 Å².